The summed E-state index contributed by atoms with van der Waals surface area (Å²) in [6.45, 7) is 3.70. The van der Waals surface area contributed by atoms with Crippen molar-refractivity contribution in [3.05, 3.63) is 35.9 Å². The summed E-state index contributed by atoms with van der Waals surface area (Å²) >= 11 is 0. The van der Waals surface area contributed by atoms with Crippen LogP contribution in [0.1, 0.15) is 25.8 Å². The molecule has 2 N–H and O–H groups in total. The van der Waals surface area contributed by atoms with Gasteiger partial charge in [0.1, 0.15) is 6.61 Å². The van der Waals surface area contributed by atoms with E-state index >= 15 is 0 Å². The number of aliphatic hydroxyl groups excluding tert-OH is 1. The Kier molecular flexibility index (Phi) is 10.8. The maximum atomic E-state index is 12.5. The Morgan fingerprint density at radius 1 is 1.14 bits per heavy atom. The van der Waals surface area contributed by atoms with E-state index in [9.17, 15) is 19.3 Å². The van der Waals surface area contributed by atoms with Gasteiger partial charge >= 0.3 is 19.7 Å². The Morgan fingerprint density at radius 3 is 2.29 bits per heavy atom. The van der Waals surface area contributed by atoms with Gasteiger partial charge in [-0.1, -0.05) is 30.3 Å². The number of methoxy groups -OCH3 is 1. The SMILES string of the molecule is CCOP(=O)(CCC(O)[C@H](NC(=O)OCc1ccccc1)C(=O)OC)OCC. The van der Waals surface area contributed by atoms with E-state index < -0.39 is 31.8 Å². The van der Waals surface area contributed by atoms with Crippen LogP contribution in [0.3, 0.4) is 0 Å². The zero-order valence-electron chi connectivity index (χ0n) is 16.3. The lowest BCUT2D eigenvalue weighted by Gasteiger charge is -2.23. The number of aliphatic hydroxyl groups is 1. The lowest BCUT2D eigenvalue weighted by atomic mass is 10.1. The van der Waals surface area contributed by atoms with Gasteiger partial charge in [-0.3, -0.25) is 4.57 Å². The average Bonchev–Trinajstić information content (AvgIpc) is 2.69. The van der Waals surface area contributed by atoms with E-state index in [1.165, 1.54) is 0 Å². The van der Waals surface area contributed by atoms with Crippen molar-refractivity contribution in [3.8, 4) is 0 Å². The molecule has 2 atom stereocenters. The molecule has 0 aromatic heterocycles. The fourth-order valence-electron chi connectivity index (χ4n) is 2.35. The van der Waals surface area contributed by atoms with Crippen molar-refractivity contribution in [2.24, 2.45) is 0 Å². The summed E-state index contributed by atoms with van der Waals surface area (Å²) in [5.41, 5.74) is 0.766. The lowest BCUT2D eigenvalue weighted by Crippen LogP contribution is -2.49. The van der Waals surface area contributed by atoms with Gasteiger partial charge in [0, 0.05) is 0 Å². The third-order valence-electron chi connectivity index (χ3n) is 3.68. The Balaban J connectivity index is 2.66. The summed E-state index contributed by atoms with van der Waals surface area (Å²) in [6, 6.07) is 7.60. The zero-order chi connectivity index (χ0) is 21.0. The predicted molar refractivity (Wildman–Crippen MR) is 102 cm³/mol. The van der Waals surface area contributed by atoms with Crippen LogP contribution in [0.15, 0.2) is 30.3 Å². The van der Waals surface area contributed by atoms with Crippen LogP contribution < -0.4 is 5.32 Å². The highest BCUT2D eigenvalue weighted by Crippen LogP contribution is 2.48. The van der Waals surface area contributed by atoms with E-state index in [-0.39, 0.29) is 32.4 Å². The first kappa shape index (κ1) is 24.1. The number of rotatable bonds is 12. The number of hydrogen-bond donors (Lipinski definition) is 2. The number of esters is 1. The normalized spacial score (nSPS) is 13.4. The molecule has 1 unspecified atom stereocenters. The Bertz CT molecular complexity index is 644. The average molecular weight is 417 g/mol. The number of alkyl carbamates (subject to hydrolysis) is 1. The van der Waals surface area contributed by atoms with Crippen LogP contribution in [0.4, 0.5) is 4.79 Å². The maximum absolute atomic E-state index is 12.5. The molecule has 9 nitrogen and oxygen atoms in total. The van der Waals surface area contributed by atoms with Gasteiger partial charge in [-0.25, -0.2) is 9.59 Å². The molecule has 1 aromatic rings. The third-order valence-corrected chi connectivity index (χ3v) is 5.79. The largest absolute Gasteiger partial charge is 0.467 e. The molecule has 0 spiro atoms. The first-order valence-electron chi connectivity index (χ1n) is 8.96. The van der Waals surface area contributed by atoms with Gasteiger partial charge in [0.25, 0.3) is 0 Å². The molecular weight excluding hydrogens is 389 g/mol. The fourth-order valence-corrected chi connectivity index (χ4v) is 4.05. The Hall–Kier alpha value is -1.93. The molecule has 0 aliphatic carbocycles. The van der Waals surface area contributed by atoms with Crippen molar-refractivity contribution in [1.82, 2.24) is 5.32 Å². The van der Waals surface area contributed by atoms with Crippen LogP contribution >= 0.6 is 7.60 Å². The molecule has 0 saturated heterocycles. The summed E-state index contributed by atoms with van der Waals surface area (Å²) in [4.78, 5) is 24.0. The van der Waals surface area contributed by atoms with Gasteiger partial charge in [-0.15, -0.1) is 0 Å². The van der Waals surface area contributed by atoms with Crippen LogP contribution in [0.25, 0.3) is 0 Å². The van der Waals surface area contributed by atoms with Crippen molar-refractivity contribution in [2.75, 3.05) is 26.5 Å². The standard InChI is InChI=1S/C18H28NO8P/c1-4-26-28(23,27-5-2)12-11-15(20)16(17(21)24-3)19-18(22)25-13-14-9-7-6-8-10-14/h6-10,15-16,20H,4-5,11-13H2,1-3H3,(H,19,22)/t15?,16-/m0/s1. The van der Waals surface area contributed by atoms with Gasteiger partial charge < -0.3 is 28.9 Å². The molecule has 0 radical (unpaired) electrons. The maximum Gasteiger partial charge on any atom is 0.408 e. The smallest absolute Gasteiger partial charge is 0.408 e. The lowest BCUT2D eigenvalue weighted by molar-refractivity contribution is -0.146. The Labute approximate surface area is 164 Å². The minimum absolute atomic E-state index is 0.000539. The number of nitrogens with one attached hydrogen (secondary N) is 1. The molecule has 0 aliphatic heterocycles. The summed E-state index contributed by atoms with van der Waals surface area (Å²) in [7, 11) is -2.27. The van der Waals surface area contributed by atoms with Gasteiger partial charge in [0.05, 0.1) is 32.6 Å². The molecular formula is C18H28NO8P. The topological polar surface area (TPSA) is 120 Å². The molecule has 0 saturated carbocycles. The van der Waals surface area contributed by atoms with Crippen molar-refractivity contribution >= 4 is 19.7 Å². The second kappa shape index (κ2) is 12.5. The molecule has 0 bridgehead atoms. The molecule has 1 rings (SSSR count). The highest BCUT2D eigenvalue weighted by Gasteiger charge is 2.33. The van der Waals surface area contributed by atoms with E-state index in [1.807, 2.05) is 6.07 Å². The zero-order valence-corrected chi connectivity index (χ0v) is 17.2. The number of hydrogen-bond acceptors (Lipinski definition) is 8. The molecule has 10 heteroatoms. The van der Waals surface area contributed by atoms with E-state index in [2.05, 4.69) is 10.1 Å². The second-order valence-electron chi connectivity index (χ2n) is 5.73. The molecule has 0 aliphatic rings. The first-order chi connectivity index (χ1) is 13.3. The van der Waals surface area contributed by atoms with Gasteiger partial charge in [0.15, 0.2) is 6.04 Å². The number of ether oxygens (including phenoxy) is 2. The first-order valence-corrected chi connectivity index (χ1v) is 10.7. The van der Waals surface area contributed by atoms with E-state index in [4.69, 9.17) is 13.8 Å². The van der Waals surface area contributed by atoms with Crippen LogP contribution in [-0.2, 0) is 34.5 Å². The fraction of sp³-hybridized carbons (Fsp3) is 0.556. The molecule has 28 heavy (non-hydrogen) atoms. The van der Waals surface area contributed by atoms with Crippen LogP contribution in [0, 0.1) is 0 Å². The molecule has 0 fully saturated rings. The third kappa shape index (κ3) is 8.39. The van der Waals surface area contributed by atoms with E-state index in [1.54, 1.807) is 38.1 Å². The summed E-state index contributed by atoms with van der Waals surface area (Å²) in [5, 5.41) is 12.6. The van der Waals surface area contributed by atoms with Gasteiger partial charge in [-0.05, 0) is 25.8 Å². The second-order valence-corrected chi connectivity index (χ2v) is 7.92. The molecule has 158 valence electrons. The number of benzene rings is 1. The minimum atomic E-state index is -3.39. The van der Waals surface area contributed by atoms with Crippen LogP contribution in [0.2, 0.25) is 0 Å². The predicted octanol–water partition coefficient (Wildman–Crippen LogP) is 2.47. The highest BCUT2D eigenvalue weighted by atomic mass is 31.2. The molecule has 1 amide bonds. The van der Waals surface area contributed by atoms with Crippen molar-refractivity contribution in [2.45, 2.75) is 39.0 Å². The van der Waals surface area contributed by atoms with E-state index in [0.29, 0.717) is 0 Å². The molecule has 0 heterocycles. The number of carbonyl (C=O) groups excluding carboxylic acids is 2. The number of carbonyl (C=O) groups is 2. The van der Waals surface area contributed by atoms with Crippen molar-refractivity contribution in [1.29, 1.82) is 0 Å². The van der Waals surface area contributed by atoms with Crippen LogP contribution in [-0.4, -0.2) is 55.8 Å². The van der Waals surface area contributed by atoms with Gasteiger partial charge in [-0.2, -0.15) is 0 Å². The van der Waals surface area contributed by atoms with Crippen LogP contribution in [0.5, 0.6) is 0 Å². The molecule has 1 aromatic carbocycles. The monoisotopic (exact) mass is 417 g/mol. The summed E-state index contributed by atoms with van der Waals surface area (Å²) in [6.07, 6.45) is -2.50. The minimum Gasteiger partial charge on any atom is -0.467 e. The van der Waals surface area contributed by atoms with Crippen molar-refractivity contribution in [3.63, 3.8) is 0 Å². The number of amides is 1. The van der Waals surface area contributed by atoms with Crippen molar-refractivity contribution < 1.29 is 37.8 Å². The Morgan fingerprint density at radius 2 is 1.75 bits per heavy atom. The van der Waals surface area contributed by atoms with Gasteiger partial charge in [0.2, 0.25) is 0 Å². The summed E-state index contributed by atoms with van der Waals surface area (Å²) in [5.74, 6) is -0.855. The summed E-state index contributed by atoms with van der Waals surface area (Å²) < 4.78 is 32.5. The van der Waals surface area contributed by atoms with E-state index in [0.717, 1.165) is 12.7 Å². The quantitative estimate of drug-likeness (QED) is 0.393. The highest BCUT2D eigenvalue weighted by molar-refractivity contribution is 7.53.